The standard InChI is InChI=1S/C15H19FN4/c1-20-15(10-18-19-20)9-17-14-6-5-12(8-14)11-3-2-4-13(16)7-11/h2-4,7,10,12,14,17H,5-6,8-9H2,1H3/t12-,14-/m1/s1. The Balaban J connectivity index is 1.56. The third-order valence-corrected chi connectivity index (χ3v) is 4.13. The van der Waals surface area contributed by atoms with Crippen molar-refractivity contribution in [3.63, 3.8) is 0 Å². The van der Waals surface area contributed by atoms with E-state index in [1.807, 2.05) is 13.1 Å². The van der Waals surface area contributed by atoms with E-state index >= 15 is 0 Å². The molecule has 5 heteroatoms. The van der Waals surface area contributed by atoms with Gasteiger partial charge in [0, 0.05) is 19.6 Å². The van der Waals surface area contributed by atoms with E-state index in [0.717, 1.165) is 37.1 Å². The fourth-order valence-electron chi connectivity index (χ4n) is 2.95. The first-order valence-corrected chi connectivity index (χ1v) is 7.05. The lowest BCUT2D eigenvalue weighted by Gasteiger charge is -2.13. The van der Waals surface area contributed by atoms with Gasteiger partial charge in [-0.15, -0.1) is 5.10 Å². The Morgan fingerprint density at radius 3 is 3.05 bits per heavy atom. The fraction of sp³-hybridized carbons (Fsp3) is 0.467. The Morgan fingerprint density at radius 1 is 1.40 bits per heavy atom. The van der Waals surface area contributed by atoms with Crippen LogP contribution in [0.3, 0.4) is 0 Å². The summed E-state index contributed by atoms with van der Waals surface area (Å²) in [5.74, 6) is 0.327. The molecule has 1 heterocycles. The van der Waals surface area contributed by atoms with Gasteiger partial charge in [0.2, 0.25) is 0 Å². The minimum Gasteiger partial charge on any atom is -0.308 e. The highest BCUT2D eigenvalue weighted by Gasteiger charge is 2.25. The number of aromatic nitrogens is 3. The smallest absolute Gasteiger partial charge is 0.123 e. The first kappa shape index (κ1) is 13.2. The second kappa shape index (κ2) is 5.71. The number of hydrogen-bond donors (Lipinski definition) is 1. The zero-order valence-electron chi connectivity index (χ0n) is 11.6. The van der Waals surface area contributed by atoms with Crippen molar-refractivity contribution in [3.8, 4) is 0 Å². The van der Waals surface area contributed by atoms with Gasteiger partial charge in [-0.05, 0) is 42.9 Å². The molecule has 2 aromatic rings. The topological polar surface area (TPSA) is 42.7 Å². The molecule has 2 atom stereocenters. The summed E-state index contributed by atoms with van der Waals surface area (Å²) in [6.45, 7) is 0.782. The summed E-state index contributed by atoms with van der Waals surface area (Å²) < 4.78 is 15.0. The molecule has 1 aliphatic carbocycles. The molecule has 4 nitrogen and oxygen atoms in total. The highest BCUT2D eigenvalue weighted by atomic mass is 19.1. The first-order valence-electron chi connectivity index (χ1n) is 7.05. The van der Waals surface area contributed by atoms with Crippen LogP contribution in [0.25, 0.3) is 0 Å². The van der Waals surface area contributed by atoms with Crippen molar-refractivity contribution in [2.24, 2.45) is 7.05 Å². The molecule has 1 aliphatic rings. The third-order valence-electron chi connectivity index (χ3n) is 4.13. The maximum Gasteiger partial charge on any atom is 0.123 e. The van der Waals surface area contributed by atoms with Crippen LogP contribution in [-0.4, -0.2) is 21.0 Å². The molecule has 0 unspecified atom stereocenters. The van der Waals surface area contributed by atoms with E-state index in [2.05, 4.69) is 15.6 Å². The first-order chi connectivity index (χ1) is 9.72. The van der Waals surface area contributed by atoms with Crippen molar-refractivity contribution in [1.29, 1.82) is 0 Å². The summed E-state index contributed by atoms with van der Waals surface area (Å²) in [5.41, 5.74) is 2.20. The Labute approximate surface area is 118 Å². The molecule has 1 aromatic carbocycles. The summed E-state index contributed by atoms with van der Waals surface area (Å²) in [6.07, 6.45) is 5.10. The van der Waals surface area contributed by atoms with E-state index in [4.69, 9.17) is 0 Å². The molecular weight excluding hydrogens is 255 g/mol. The number of nitrogens with zero attached hydrogens (tertiary/aromatic N) is 3. The molecule has 0 spiro atoms. The number of benzene rings is 1. The van der Waals surface area contributed by atoms with Crippen LogP contribution < -0.4 is 5.32 Å². The molecular formula is C15H19FN4. The monoisotopic (exact) mass is 274 g/mol. The quantitative estimate of drug-likeness (QED) is 0.931. The van der Waals surface area contributed by atoms with Crippen LogP contribution in [0.1, 0.15) is 36.4 Å². The fourth-order valence-corrected chi connectivity index (χ4v) is 2.95. The minimum atomic E-state index is -0.139. The van der Waals surface area contributed by atoms with Gasteiger partial charge in [0.05, 0.1) is 11.9 Å². The molecule has 1 N–H and O–H groups in total. The lowest BCUT2D eigenvalue weighted by Crippen LogP contribution is -2.26. The number of hydrogen-bond acceptors (Lipinski definition) is 3. The summed E-state index contributed by atoms with van der Waals surface area (Å²) >= 11 is 0. The highest BCUT2D eigenvalue weighted by Crippen LogP contribution is 2.34. The van der Waals surface area contributed by atoms with E-state index in [1.165, 1.54) is 6.07 Å². The molecule has 3 rings (SSSR count). The normalized spacial score (nSPS) is 22.3. The van der Waals surface area contributed by atoms with Crippen molar-refractivity contribution in [3.05, 3.63) is 47.5 Å². The van der Waals surface area contributed by atoms with E-state index in [1.54, 1.807) is 23.0 Å². The Bertz CT molecular complexity index is 581. The molecule has 106 valence electrons. The molecule has 0 amide bonds. The maximum absolute atomic E-state index is 13.3. The predicted octanol–water partition coefficient (Wildman–Crippen LogP) is 2.38. The molecule has 1 fully saturated rings. The average molecular weight is 274 g/mol. The molecule has 0 bridgehead atoms. The molecule has 0 aliphatic heterocycles. The van der Waals surface area contributed by atoms with Crippen molar-refractivity contribution >= 4 is 0 Å². The maximum atomic E-state index is 13.3. The van der Waals surface area contributed by atoms with E-state index in [0.29, 0.717) is 12.0 Å². The zero-order chi connectivity index (χ0) is 13.9. The number of halogens is 1. The lowest BCUT2D eigenvalue weighted by molar-refractivity contribution is 0.501. The lowest BCUT2D eigenvalue weighted by atomic mass is 9.97. The predicted molar refractivity (Wildman–Crippen MR) is 74.6 cm³/mol. The van der Waals surface area contributed by atoms with Crippen LogP contribution in [0.15, 0.2) is 30.5 Å². The van der Waals surface area contributed by atoms with Crippen LogP contribution in [0.2, 0.25) is 0 Å². The van der Waals surface area contributed by atoms with Crippen LogP contribution in [0.5, 0.6) is 0 Å². The number of aryl methyl sites for hydroxylation is 1. The van der Waals surface area contributed by atoms with Gasteiger partial charge in [0.1, 0.15) is 5.82 Å². The summed E-state index contributed by atoms with van der Waals surface area (Å²) in [5, 5.41) is 11.3. The van der Waals surface area contributed by atoms with Crippen LogP contribution in [-0.2, 0) is 13.6 Å². The molecule has 20 heavy (non-hydrogen) atoms. The van der Waals surface area contributed by atoms with E-state index < -0.39 is 0 Å². The SMILES string of the molecule is Cn1nncc1CN[C@@H]1CC[C@@H](c2cccc(F)c2)C1. The second-order valence-corrected chi connectivity index (χ2v) is 5.49. The van der Waals surface area contributed by atoms with Crippen molar-refractivity contribution in [1.82, 2.24) is 20.3 Å². The van der Waals surface area contributed by atoms with Crippen molar-refractivity contribution in [2.45, 2.75) is 37.8 Å². The van der Waals surface area contributed by atoms with E-state index in [-0.39, 0.29) is 5.82 Å². The Kier molecular flexibility index (Phi) is 3.78. The zero-order valence-corrected chi connectivity index (χ0v) is 11.6. The summed E-state index contributed by atoms with van der Waals surface area (Å²) in [7, 11) is 1.90. The molecule has 1 saturated carbocycles. The van der Waals surface area contributed by atoms with Gasteiger partial charge in [-0.3, -0.25) is 4.68 Å². The van der Waals surface area contributed by atoms with Gasteiger partial charge in [-0.25, -0.2) is 4.39 Å². The van der Waals surface area contributed by atoms with Crippen molar-refractivity contribution in [2.75, 3.05) is 0 Å². The minimum absolute atomic E-state index is 0.139. The third kappa shape index (κ3) is 2.88. The average Bonchev–Trinajstić information content (AvgIpc) is 3.05. The van der Waals surface area contributed by atoms with Gasteiger partial charge < -0.3 is 5.32 Å². The van der Waals surface area contributed by atoms with Crippen LogP contribution in [0.4, 0.5) is 4.39 Å². The number of nitrogens with one attached hydrogen (secondary N) is 1. The molecule has 1 aromatic heterocycles. The van der Waals surface area contributed by atoms with E-state index in [9.17, 15) is 4.39 Å². The summed E-state index contributed by atoms with van der Waals surface area (Å²) in [6, 6.07) is 7.48. The van der Waals surface area contributed by atoms with Crippen LogP contribution in [0, 0.1) is 5.82 Å². The van der Waals surface area contributed by atoms with Gasteiger partial charge in [-0.1, -0.05) is 17.3 Å². The largest absolute Gasteiger partial charge is 0.308 e. The Morgan fingerprint density at radius 2 is 2.30 bits per heavy atom. The highest BCUT2D eigenvalue weighted by molar-refractivity contribution is 5.22. The number of rotatable bonds is 4. The molecule has 0 saturated heterocycles. The van der Waals surface area contributed by atoms with Gasteiger partial charge in [0.15, 0.2) is 0 Å². The van der Waals surface area contributed by atoms with Gasteiger partial charge in [0.25, 0.3) is 0 Å². The van der Waals surface area contributed by atoms with Gasteiger partial charge in [-0.2, -0.15) is 0 Å². The van der Waals surface area contributed by atoms with Crippen LogP contribution >= 0.6 is 0 Å². The van der Waals surface area contributed by atoms with Gasteiger partial charge >= 0.3 is 0 Å². The summed E-state index contributed by atoms with van der Waals surface area (Å²) in [4.78, 5) is 0. The van der Waals surface area contributed by atoms with Crippen molar-refractivity contribution < 1.29 is 4.39 Å². The second-order valence-electron chi connectivity index (χ2n) is 5.49. The Hall–Kier alpha value is -1.75. The molecule has 0 radical (unpaired) electrons.